The second kappa shape index (κ2) is 21.5. The number of para-hydroxylation sites is 2. The number of anilines is 3. The molecule has 15 heteroatoms. The molecule has 0 bridgehead atoms. The Morgan fingerprint density at radius 3 is 1.64 bits per heavy atom. The first-order chi connectivity index (χ1) is 34.4. The summed E-state index contributed by atoms with van der Waals surface area (Å²) >= 11 is 0. The Morgan fingerprint density at radius 1 is 0.600 bits per heavy atom. The summed E-state index contributed by atoms with van der Waals surface area (Å²) in [5.41, 5.74) is 12.5. The number of amides is 2. The topological polar surface area (TPSA) is 145 Å². The molecule has 2 atom stereocenters. The van der Waals surface area contributed by atoms with E-state index < -0.39 is 0 Å². The highest BCUT2D eigenvalue weighted by atomic mass is 16.5. The predicted octanol–water partition coefficient (Wildman–Crippen LogP) is 8.76. The summed E-state index contributed by atoms with van der Waals surface area (Å²) in [7, 11) is 4.81. The van der Waals surface area contributed by atoms with Crippen molar-refractivity contribution in [3.63, 3.8) is 0 Å². The van der Waals surface area contributed by atoms with Gasteiger partial charge in [-0.1, -0.05) is 55.7 Å². The van der Waals surface area contributed by atoms with Crippen LogP contribution in [0.5, 0.6) is 23.0 Å². The third kappa shape index (κ3) is 9.97. The summed E-state index contributed by atoms with van der Waals surface area (Å²) in [6.45, 7) is 3.36. The highest BCUT2D eigenvalue weighted by molar-refractivity contribution is 6.15. The monoisotopic (exact) mass is 948 g/mol. The number of carbonyl (C=O) groups excluding carboxylic acids is 2. The first kappa shape index (κ1) is 46.9. The maximum absolute atomic E-state index is 14.1. The summed E-state index contributed by atoms with van der Waals surface area (Å²) in [6.07, 6.45) is 10.8. The summed E-state index contributed by atoms with van der Waals surface area (Å²) in [6, 6.07) is 29.3. The smallest absolute Gasteiger partial charge is 0.261 e. The number of carbonyl (C=O) groups is 2. The Morgan fingerprint density at radius 2 is 1.11 bits per heavy atom. The fourth-order valence-corrected chi connectivity index (χ4v) is 10.1. The number of methoxy groups -OCH3 is 3. The van der Waals surface area contributed by atoms with E-state index in [2.05, 4.69) is 40.8 Å². The van der Waals surface area contributed by atoms with Crippen LogP contribution in [0.3, 0.4) is 0 Å². The highest BCUT2D eigenvalue weighted by Crippen LogP contribution is 2.43. The minimum Gasteiger partial charge on any atom is -0.493 e. The average Bonchev–Trinajstić information content (AvgIpc) is 3.88. The van der Waals surface area contributed by atoms with Crippen molar-refractivity contribution >= 4 is 52.7 Å². The highest BCUT2D eigenvalue weighted by Gasteiger charge is 2.38. The molecule has 5 aliphatic rings. The van der Waals surface area contributed by atoms with Crippen LogP contribution in [0.1, 0.15) is 75.1 Å². The van der Waals surface area contributed by atoms with E-state index in [4.69, 9.17) is 43.1 Å². The van der Waals surface area contributed by atoms with Crippen LogP contribution in [0.2, 0.25) is 0 Å². The van der Waals surface area contributed by atoms with E-state index in [1.165, 1.54) is 19.3 Å². The molecule has 1 aliphatic carbocycles. The summed E-state index contributed by atoms with van der Waals surface area (Å²) in [5.74, 6) is 1.52. The molecule has 4 aliphatic heterocycles. The van der Waals surface area contributed by atoms with Crippen molar-refractivity contribution in [2.75, 3.05) is 75.7 Å². The molecule has 1 saturated carbocycles. The number of nitrogens with one attached hydrogen (secondary N) is 1. The standard InChI is InChI=1S/C55H60N6O9/c1-64-19-20-68-22-21-67-18-17-59(58-40-13-5-4-6-14-40)41-24-36(34-69-52-30-46-44(28-50(52)65-2)54(62)60-42(32-56-46)26-38-11-7-9-15-48(38)60)23-37(25-41)35-70-53-31-47-45(29-51(53)66-3)55(63)61-43(33-57-47)27-39-12-8-10-16-49(39)61/h7-12,15-16,23-25,28-33,40,42-43,58H,4-6,13-14,17-22,26-27,34-35H2,1-3H3/t42-,43-/m0/s1. The van der Waals surface area contributed by atoms with Crippen LogP contribution in [0.4, 0.5) is 28.4 Å². The van der Waals surface area contributed by atoms with E-state index in [9.17, 15) is 9.59 Å². The zero-order valence-electron chi connectivity index (χ0n) is 40.1. The third-order valence-corrected chi connectivity index (χ3v) is 13.6. The van der Waals surface area contributed by atoms with Gasteiger partial charge in [-0.2, -0.15) is 0 Å². The van der Waals surface area contributed by atoms with Gasteiger partial charge in [0.1, 0.15) is 13.2 Å². The Balaban J connectivity index is 0.931. The van der Waals surface area contributed by atoms with Crippen LogP contribution in [-0.4, -0.2) is 103 Å². The zero-order chi connectivity index (χ0) is 48.0. The molecule has 0 radical (unpaired) electrons. The average molecular weight is 949 g/mol. The molecule has 1 fully saturated rings. The van der Waals surface area contributed by atoms with Gasteiger partial charge >= 0.3 is 0 Å². The van der Waals surface area contributed by atoms with E-state index in [1.54, 1.807) is 45.6 Å². The van der Waals surface area contributed by atoms with E-state index in [1.807, 2.05) is 58.6 Å². The van der Waals surface area contributed by atoms with Gasteiger partial charge in [0, 0.05) is 61.9 Å². The normalized spacial score (nSPS) is 17.8. The molecule has 10 rings (SSSR count). The van der Waals surface area contributed by atoms with E-state index in [-0.39, 0.29) is 37.1 Å². The molecule has 15 nitrogen and oxygen atoms in total. The maximum Gasteiger partial charge on any atom is 0.261 e. The van der Waals surface area contributed by atoms with Gasteiger partial charge < -0.3 is 38.2 Å². The molecule has 70 heavy (non-hydrogen) atoms. The number of hydrazine groups is 1. The zero-order valence-corrected chi connectivity index (χ0v) is 40.1. The molecule has 364 valence electrons. The summed E-state index contributed by atoms with van der Waals surface area (Å²) < 4.78 is 41.8. The van der Waals surface area contributed by atoms with E-state index >= 15 is 0 Å². The van der Waals surface area contributed by atoms with Gasteiger partial charge in [0.15, 0.2) is 23.0 Å². The Hall–Kier alpha value is -6.78. The largest absolute Gasteiger partial charge is 0.493 e. The molecule has 2 amide bonds. The van der Waals surface area contributed by atoms with Crippen molar-refractivity contribution in [1.29, 1.82) is 0 Å². The van der Waals surface area contributed by atoms with E-state index in [0.29, 0.717) is 104 Å². The lowest BCUT2D eigenvalue weighted by Gasteiger charge is -2.33. The maximum atomic E-state index is 14.1. The molecule has 1 N–H and O–H groups in total. The van der Waals surface area contributed by atoms with Gasteiger partial charge in [-0.25, -0.2) is 5.43 Å². The number of ether oxygens (including phenoxy) is 7. The third-order valence-electron chi connectivity index (χ3n) is 13.6. The number of aliphatic imine (C=N–C) groups is 2. The van der Waals surface area contributed by atoms with Crippen LogP contribution in [0.15, 0.2) is 101 Å². The Bertz CT molecular complexity index is 2610. The Kier molecular flexibility index (Phi) is 14.4. The van der Waals surface area contributed by atoms with Crippen molar-refractivity contribution in [3.8, 4) is 23.0 Å². The number of fused-ring (bicyclic) bond motifs is 8. The molecule has 0 unspecified atom stereocenters. The lowest BCUT2D eigenvalue weighted by Crippen LogP contribution is -2.47. The fraction of sp³-hybridized carbons (Fsp3) is 0.382. The SMILES string of the molecule is COCCOCCOCCN(NC1CCCCC1)c1cc(COc2cc3c(cc2OC)C(=O)N2c4ccccc4C[C@H]2C=N3)cc(COc2cc3c(cc2OC)C(=O)N2c4ccccc4C[C@H]2C=N3)c1. The van der Waals surface area contributed by atoms with Gasteiger partial charge in [-0.3, -0.25) is 29.4 Å². The van der Waals surface area contributed by atoms with Crippen molar-refractivity contribution < 1.29 is 42.7 Å². The van der Waals surface area contributed by atoms with Crippen LogP contribution in [0.25, 0.3) is 0 Å². The lowest BCUT2D eigenvalue weighted by molar-refractivity contribution is 0.0260. The molecule has 0 saturated heterocycles. The summed E-state index contributed by atoms with van der Waals surface area (Å²) in [5, 5.41) is 2.18. The second-order valence-electron chi connectivity index (χ2n) is 18.2. The van der Waals surface area contributed by atoms with Gasteiger partial charge in [0.2, 0.25) is 0 Å². The summed E-state index contributed by atoms with van der Waals surface area (Å²) in [4.78, 5) is 41.6. The molecule has 4 heterocycles. The number of rotatable bonds is 20. The van der Waals surface area contributed by atoms with Gasteiger partial charge in [-0.15, -0.1) is 0 Å². The van der Waals surface area contributed by atoms with Crippen LogP contribution in [-0.2, 0) is 40.3 Å². The Labute approximate surface area is 408 Å². The minimum absolute atomic E-state index is 0.131. The molecular weight excluding hydrogens is 889 g/mol. The van der Waals surface area contributed by atoms with Crippen molar-refractivity contribution in [2.45, 2.75) is 76.3 Å². The predicted molar refractivity (Wildman–Crippen MR) is 270 cm³/mol. The quantitative estimate of drug-likeness (QED) is 0.0591. The minimum atomic E-state index is -0.183. The first-order valence-corrected chi connectivity index (χ1v) is 24.3. The van der Waals surface area contributed by atoms with Crippen molar-refractivity contribution in [3.05, 3.63) is 124 Å². The first-order valence-electron chi connectivity index (χ1n) is 24.3. The van der Waals surface area contributed by atoms with Crippen LogP contribution in [0, 0.1) is 0 Å². The lowest BCUT2D eigenvalue weighted by atomic mass is 9.96. The molecule has 0 spiro atoms. The second-order valence-corrected chi connectivity index (χ2v) is 18.2. The van der Waals surface area contributed by atoms with Gasteiger partial charge in [-0.05, 0) is 77.6 Å². The van der Waals surface area contributed by atoms with Gasteiger partial charge in [0.25, 0.3) is 11.8 Å². The molecule has 5 aromatic carbocycles. The van der Waals surface area contributed by atoms with E-state index in [0.717, 1.165) is 52.2 Å². The van der Waals surface area contributed by atoms with Crippen molar-refractivity contribution in [2.24, 2.45) is 9.98 Å². The molecule has 0 aromatic heterocycles. The number of benzene rings is 5. The van der Waals surface area contributed by atoms with Crippen molar-refractivity contribution in [1.82, 2.24) is 5.43 Å². The van der Waals surface area contributed by atoms with Crippen LogP contribution >= 0.6 is 0 Å². The van der Waals surface area contributed by atoms with Crippen LogP contribution < -0.4 is 39.2 Å². The van der Waals surface area contributed by atoms with Gasteiger partial charge in [0.05, 0.1) is 94.1 Å². The molecule has 5 aromatic rings. The fourth-order valence-electron chi connectivity index (χ4n) is 10.1. The number of hydrogen-bond acceptors (Lipinski definition) is 13. The number of nitrogens with zero attached hydrogens (tertiary/aromatic N) is 5. The number of hydrogen-bond donors (Lipinski definition) is 1. The molecular formula is C55H60N6O9.